The predicted molar refractivity (Wildman–Crippen MR) is 47.5 cm³/mol. The third kappa shape index (κ3) is 1.10. The summed E-state index contributed by atoms with van der Waals surface area (Å²) < 4.78 is 1.23. The lowest BCUT2D eigenvalue weighted by molar-refractivity contribution is 0.477. The minimum Gasteiger partial charge on any atom is -0.504 e. The van der Waals surface area contributed by atoms with Gasteiger partial charge in [-0.25, -0.2) is 4.98 Å². The van der Waals surface area contributed by atoms with E-state index in [1.807, 2.05) is 0 Å². The first-order valence-electron chi connectivity index (χ1n) is 3.65. The standard InChI is InChI=1S/C8H7N3O2/c9-6-4-7(13)11-3-1-2-5(12)8(11)10-6/h1-4,12H,9H2. The fourth-order valence-corrected chi connectivity index (χ4v) is 1.13. The molecule has 2 aromatic heterocycles. The maximum Gasteiger partial charge on any atom is 0.260 e. The molecular weight excluding hydrogens is 170 g/mol. The Bertz CT molecular complexity index is 518. The van der Waals surface area contributed by atoms with Crippen LogP contribution in [0.25, 0.3) is 5.65 Å². The number of nitrogens with zero attached hydrogens (tertiary/aromatic N) is 2. The van der Waals surface area contributed by atoms with Gasteiger partial charge in [-0.1, -0.05) is 0 Å². The fourth-order valence-electron chi connectivity index (χ4n) is 1.13. The molecule has 0 fully saturated rings. The van der Waals surface area contributed by atoms with Crippen molar-refractivity contribution >= 4 is 11.5 Å². The third-order valence-corrected chi connectivity index (χ3v) is 1.69. The van der Waals surface area contributed by atoms with Crippen molar-refractivity contribution in [2.45, 2.75) is 0 Å². The van der Waals surface area contributed by atoms with E-state index in [2.05, 4.69) is 4.98 Å². The zero-order valence-electron chi connectivity index (χ0n) is 6.64. The summed E-state index contributed by atoms with van der Waals surface area (Å²) >= 11 is 0. The Balaban J connectivity index is 3.03. The molecule has 0 amide bonds. The van der Waals surface area contributed by atoms with E-state index < -0.39 is 0 Å². The minimum absolute atomic E-state index is 0.0631. The number of aromatic nitrogens is 2. The molecule has 2 rings (SSSR count). The third-order valence-electron chi connectivity index (χ3n) is 1.69. The van der Waals surface area contributed by atoms with Gasteiger partial charge in [-0.15, -0.1) is 0 Å². The summed E-state index contributed by atoms with van der Waals surface area (Å²) in [7, 11) is 0. The van der Waals surface area contributed by atoms with Crippen molar-refractivity contribution < 1.29 is 5.11 Å². The topological polar surface area (TPSA) is 80.6 Å². The molecule has 0 bridgehead atoms. The molecule has 0 aliphatic carbocycles. The molecule has 0 aliphatic heterocycles. The van der Waals surface area contributed by atoms with Crippen molar-refractivity contribution in [2.75, 3.05) is 5.73 Å². The Morgan fingerprint density at radius 3 is 3.08 bits per heavy atom. The van der Waals surface area contributed by atoms with Crippen molar-refractivity contribution in [1.29, 1.82) is 0 Å². The highest BCUT2D eigenvalue weighted by Crippen LogP contribution is 2.13. The van der Waals surface area contributed by atoms with Gasteiger partial charge >= 0.3 is 0 Å². The van der Waals surface area contributed by atoms with E-state index in [9.17, 15) is 9.90 Å². The second-order valence-electron chi connectivity index (χ2n) is 2.61. The van der Waals surface area contributed by atoms with Gasteiger partial charge in [0.05, 0.1) is 0 Å². The molecule has 5 nitrogen and oxygen atoms in total. The average Bonchev–Trinajstić information content (AvgIpc) is 2.07. The lowest BCUT2D eigenvalue weighted by Crippen LogP contribution is -2.14. The summed E-state index contributed by atoms with van der Waals surface area (Å²) in [6.07, 6.45) is 1.52. The first-order valence-corrected chi connectivity index (χ1v) is 3.65. The Labute approximate surface area is 73.1 Å². The Morgan fingerprint density at radius 1 is 1.54 bits per heavy atom. The van der Waals surface area contributed by atoms with E-state index in [4.69, 9.17) is 5.73 Å². The zero-order valence-corrected chi connectivity index (χ0v) is 6.64. The predicted octanol–water partition coefficient (Wildman–Crippen LogP) is -0.0177. The average molecular weight is 177 g/mol. The second kappa shape index (κ2) is 2.48. The van der Waals surface area contributed by atoms with Gasteiger partial charge in [0, 0.05) is 12.3 Å². The van der Waals surface area contributed by atoms with E-state index in [1.165, 1.54) is 22.7 Å². The first kappa shape index (κ1) is 7.60. The van der Waals surface area contributed by atoms with Crippen LogP contribution in [0.4, 0.5) is 5.82 Å². The molecule has 0 saturated heterocycles. The van der Waals surface area contributed by atoms with E-state index >= 15 is 0 Å². The van der Waals surface area contributed by atoms with Gasteiger partial charge in [-0.3, -0.25) is 9.20 Å². The number of nitrogen functional groups attached to an aromatic ring is 1. The van der Waals surface area contributed by atoms with Crippen LogP contribution < -0.4 is 11.3 Å². The molecule has 3 N–H and O–H groups in total. The summed E-state index contributed by atoms with van der Waals surface area (Å²) in [5.74, 6) is 0.0402. The number of aromatic hydroxyl groups is 1. The molecule has 2 aromatic rings. The molecule has 0 unspecified atom stereocenters. The quantitative estimate of drug-likeness (QED) is 0.592. The number of pyridine rings is 1. The molecule has 0 aromatic carbocycles. The maximum absolute atomic E-state index is 11.3. The Morgan fingerprint density at radius 2 is 2.31 bits per heavy atom. The summed E-state index contributed by atoms with van der Waals surface area (Å²) in [6, 6.07) is 4.20. The lowest BCUT2D eigenvalue weighted by atomic mass is 10.4. The van der Waals surface area contributed by atoms with Gasteiger partial charge in [-0.2, -0.15) is 0 Å². The number of rotatable bonds is 0. The molecule has 0 aliphatic rings. The van der Waals surface area contributed by atoms with Gasteiger partial charge in [0.1, 0.15) is 5.82 Å². The van der Waals surface area contributed by atoms with Crippen LogP contribution in [0.3, 0.4) is 0 Å². The summed E-state index contributed by atoms with van der Waals surface area (Å²) in [5, 5.41) is 9.34. The SMILES string of the molecule is Nc1cc(=O)n2cccc(O)c2n1. The van der Waals surface area contributed by atoms with Gasteiger partial charge in [0.25, 0.3) is 5.56 Å². The molecule has 0 spiro atoms. The summed E-state index contributed by atoms with van der Waals surface area (Å²) in [4.78, 5) is 15.1. The van der Waals surface area contributed by atoms with Crippen molar-refractivity contribution in [3.05, 3.63) is 34.7 Å². The van der Waals surface area contributed by atoms with Crippen LogP contribution in [0.15, 0.2) is 29.2 Å². The minimum atomic E-state index is -0.307. The van der Waals surface area contributed by atoms with Crippen molar-refractivity contribution in [2.24, 2.45) is 0 Å². The number of hydrogen-bond acceptors (Lipinski definition) is 4. The Kier molecular flexibility index (Phi) is 1.45. The maximum atomic E-state index is 11.3. The van der Waals surface area contributed by atoms with Gasteiger partial charge in [0.15, 0.2) is 11.4 Å². The zero-order chi connectivity index (χ0) is 9.42. The molecule has 66 valence electrons. The molecule has 13 heavy (non-hydrogen) atoms. The van der Waals surface area contributed by atoms with E-state index in [1.54, 1.807) is 6.07 Å². The van der Waals surface area contributed by atoms with E-state index in [-0.39, 0.29) is 22.8 Å². The number of fused-ring (bicyclic) bond motifs is 1. The highest BCUT2D eigenvalue weighted by Gasteiger charge is 2.02. The van der Waals surface area contributed by atoms with Crippen LogP contribution >= 0.6 is 0 Å². The molecule has 0 atom stereocenters. The van der Waals surface area contributed by atoms with Crippen LogP contribution in [0, 0.1) is 0 Å². The molecule has 5 heteroatoms. The van der Waals surface area contributed by atoms with Crippen molar-refractivity contribution in [1.82, 2.24) is 9.38 Å². The smallest absolute Gasteiger partial charge is 0.260 e. The largest absolute Gasteiger partial charge is 0.504 e. The normalized spacial score (nSPS) is 10.5. The monoisotopic (exact) mass is 177 g/mol. The van der Waals surface area contributed by atoms with Gasteiger partial charge in [0.2, 0.25) is 0 Å². The van der Waals surface area contributed by atoms with Crippen LogP contribution in [0.5, 0.6) is 5.75 Å². The van der Waals surface area contributed by atoms with Gasteiger partial charge in [-0.05, 0) is 12.1 Å². The van der Waals surface area contributed by atoms with E-state index in [0.717, 1.165) is 0 Å². The molecule has 0 radical (unpaired) electrons. The summed E-state index contributed by atoms with van der Waals surface area (Å²) in [5.41, 5.74) is 5.22. The highest BCUT2D eigenvalue weighted by atomic mass is 16.3. The molecule has 0 saturated carbocycles. The fraction of sp³-hybridized carbons (Fsp3) is 0. The number of anilines is 1. The number of hydrogen-bond donors (Lipinski definition) is 2. The van der Waals surface area contributed by atoms with Crippen LogP contribution in [-0.2, 0) is 0 Å². The van der Waals surface area contributed by atoms with Crippen LogP contribution in [-0.4, -0.2) is 14.5 Å². The van der Waals surface area contributed by atoms with E-state index in [0.29, 0.717) is 0 Å². The molecule has 2 heterocycles. The van der Waals surface area contributed by atoms with Gasteiger partial charge < -0.3 is 10.8 Å². The van der Waals surface area contributed by atoms with Crippen molar-refractivity contribution in [3.63, 3.8) is 0 Å². The summed E-state index contributed by atoms with van der Waals surface area (Å²) in [6.45, 7) is 0. The first-order chi connectivity index (χ1) is 6.18. The number of nitrogens with two attached hydrogens (primary N) is 1. The highest BCUT2D eigenvalue weighted by molar-refractivity contribution is 5.54. The second-order valence-corrected chi connectivity index (χ2v) is 2.61. The van der Waals surface area contributed by atoms with Crippen LogP contribution in [0.2, 0.25) is 0 Å². The lowest BCUT2D eigenvalue weighted by Gasteiger charge is -2.01. The molecular formula is C8H7N3O2. The Hall–Kier alpha value is -2.04. The van der Waals surface area contributed by atoms with Crippen molar-refractivity contribution in [3.8, 4) is 5.75 Å². The van der Waals surface area contributed by atoms with Crippen LogP contribution in [0.1, 0.15) is 0 Å².